The predicted octanol–water partition coefficient (Wildman–Crippen LogP) is 2.80. The van der Waals surface area contributed by atoms with Gasteiger partial charge in [-0.15, -0.1) is 0 Å². The molecule has 5 nitrogen and oxygen atoms in total. The van der Waals surface area contributed by atoms with Gasteiger partial charge >= 0.3 is 0 Å². The van der Waals surface area contributed by atoms with Crippen LogP contribution >= 0.6 is 0 Å². The van der Waals surface area contributed by atoms with E-state index in [0.717, 1.165) is 12.8 Å². The molecule has 0 radical (unpaired) electrons. The first kappa shape index (κ1) is 21.8. The second-order valence-electron chi connectivity index (χ2n) is 6.98. The third-order valence-electron chi connectivity index (χ3n) is 4.82. The van der Waals surface area contributed by atoms with E-state index >= 15 is 0 Å². The lowest BCUT2D eigenvalue weighted by Crippen LogP contribution is -2.42. The molecule has 24 heavy (non-hydrogen) atoms. The molecule has 1 aliphatic rings. The summed E-state index contributed by atoms with van der Waals surface area (Å²) in [5.74, 6) is 0. The largest absolute Gasteiger partial charge is 0.394 e. The van der Waals surface area contributed by atoms with Crippen LogP contribution in [0.3, 0.4) is 0 Å². The van der Waals surface area contributed by atoms with Gasteiger partial charge in [-0.05, 0) is 6.42 Å². The summed E-state index contributed by atoms with van der Waals surface area (Å²) < 4.78 is 10.9. The average molecular weight is 347 g/mol. The zero-order valence-corrected chi connectivity index (χ0v) is 15.4. The van der Waals surface area contributed by atoms with E-state index in [0.29, 0.717) is 6.61 Å². The van der Waals surface area contributed by atoms with Gasteiger partial charge in [0.15, 0.2) is 0 Å². The number of hydrogen-bond donors (Lipinski definition) is 3. The molecule has 0 aromatic carbocycles. The topological polar surface area (TPSA) is 79.2 Å². The van der Waals surface area contributed by atoms with E-state index in [2.05, 4.69) is 6.92 Å². The lowest BCUT2D eigenvalue weighted by atomic mass is 10.1. The zero-order valence-electron chi connectivity index (χ0n) is 15.4. The standard InChI is InChI=1S/C19H38O5/c1-2-3-4-5-6-7-8-9-10-11-12-13-23-17(14-20)19-18(22)16(21)15-24-19/h16-22H,2-15H2,1H3/t16-,17+,18-,19-/m1/s1. The molecule has 0 bridgehead atoms. The SMILES string of the molecule is CCCCCCCCCCCCCO[C@@H](CO)[C@H]1OC[C@@H](O)[C@H]1O. The van der Waals surface area contributed by atoms with Crippen LogP contribution < -0.4 is 0 Å². The van der Waals surface area contributed by atoms with Crippen LogP contribution in [0.2, 0.25) is 0 Å². The van der Waals surface area contributed by atoms with Crippen LogP contribution in [0.15, 0.2) is 0 Å². The number of hydrogen-bond acceptors (Lipinski definition) is 5. The van der Waals surface area contributed by atoms with Crippen LogP contribution in [0.25, 0.3) is 0 Å². The molecule has 0 unspecified atom stereocenters. The van der Waals surface area contributed by atoms with Crippen molar-refractivity contribution in [2.45, 2.75) is 102 Å². The van der Waals surface area contributed by atoms with E-state index in [9.17, 15) is 15.3 Å². The third-order valence-corrected chi connectivity index (χ3v) is 4.82. The van der Waals surface area contributed by atoms with E-state index in [1.165, 1.54) is 57.8 Å². The van der Waals surface area contributed by atoms with Gasteiger partial charge in [-0.25, -0.2) is 0 Å². The first-order valence-corrected chi connectivity index (χ1v) is 9.90. The maximum Gasteiger partial charge on any atom is 0.114 e. The third kappa shape index (κ3) is 8.77. The number of aliphatic hydroxyl groups excluding tert-OH is 3. The first-order chi connectivity index (χ1) is 11.7. The highest BCUT2D eigenvalue weighted by molar-refractivity contribution is 4.88. The van der Waals surface area contributed by atoms with Crippen molar-refractivity contribution in [2.24, 2.45) is 0 Å². The van der Waals surface area contributed by atoms with Crippen LogP contribution in [-0.2, 0) is 9.47 Å². The number of unbranched alkanes of at least 4 members (excludes halogenated alkanes) is 10. The van der Waals surface area contributed by atoms with Crippen LogP contribution in [0, 0.1) is 0 Å². The minimum Gasteiger partial charge on any atom is -0.394 e. The number of ether oxygens (including phenoxy) is 2. The van der Waals surface area contributed by atoms with Crippen molar-refractivity contribution < 1.29 is 24.8 Å². The second-order valence-corrected chi connectivity index (χ2v) is 6.98. The smallest absolute Gasteiger partial charge is 0.114 e. The van der Waals surface area contributed by atoms with Gasteiger partial charge in [-0.2, -0.15) is 0 Å². The van der Waals surface area contributed by atoms with Crippen molar-refractivity contribution in [3.8, 4) is 0 Å². The monoisotopic (exact) mass is 346 g/mol. The summed E-state index contributed by atoms with van der Waals surface area (Å²) in [6.45, 7) is 2.71. The minimum absolute atomic E-state index is 0.101. The first-order valence-electron chi connectivity index (χ1n) is 9.90. The molecule has 1 aliphatic heterocycles. The van der Waals surface area contributed by atoms with Gasteiger partial charge < -0.3 is 24.8 Å². The fourth-order valence-electron chi connectivity index (χ4n) is 3.21. The van der Waals surface area contributed by atoms with Crippen molar-refractivity contribution >= 4 is 0 Å². The zero-order chi connectivity index (χ0) is 17.6. The van der Waals surface area contributed by atoms with E-state index in [-0.39, 0.29) is 13.2 Å². The van der Waals surface area contributed by atoms with E-state index in [1.54, 1.807) is 0 Å². The van der Waals surface area contributed by atoms with Crippen LogP contribution in [0.4, 0.5) is 0 Å². The molecule has 3 N–H and O–H groups in total. The Hall–Kier alpha value is -0.200. The summed E-state index contributed by atoms with van der Waals surface area (Å²) in [5, 5.41) is 28.6. The Kier molecular flexibility index (Phi) is 12.8. The maximum absolute atomic E-state index is 9.78. The molecule has 5 heteroatoms. The molecule has 1 saturated heterocycles. The summed E-state index contributed by atoms with van der Waals surface area (Å²) in [7, 11) is 0. The molecular formula is C19H38O5. The van der Waals surface area contributed by atoms with E-state index in [1.807, 2.05) is 0 Å². The summed E-state index contributed by atoms with van der Waals surface area (Å²) in [6, 6.07) is 0. The van der Waals surface area contributed by atoms with Crippen LogP contribution in [0.1, 0.15) is 77.6 Å². The second kappa shape index (κ2) is 14.0. The molecular weight excluding hydrogens is 308 g/mol. The Morgan fingerprint density at radius 2 is 1.46 bits per heavy atom. The van der Waals surface area contributed by atoms with Crippen LogP contribution in [0.5, 0.6) is 0 Å². The molecule has 0 aromatic heterocycles. The lowest BCUT2D eigenvalue weighted by Gasteiger charge is -2.24. The predicted molar refractivity (Wildman–Crippen MR) is 95.0 cm³/mol. The van der Waals surface area contributed by atoms with Crippen molar-refractivity contribution in [2.75, 3.05) is 19.8 Å². The maximum atomic E-state index is 9.78. The summed E-state index contributed by atoms with van der Waals surface area (Å²) >= 11 is 0. The molecule has 1 rings (SSSR count). The Balaban J connectivity index is 1.92. The molecule has 0 aliphatic carbocycles. The Bertz CT molecular complexity index is 287. The fraction of sp³-hybridized carbons (Fsp3) is 1.00. The number of aliphatic hydroxyl groups is 3. The minimum atomic E-state index is -0.973. The Labute approximate surface area is 147 Å². The van der Waals surface area contributed by atoms with Crippen molar-refractivity contribution in [3.05, 3.63) is 0 Å². The average Bonchev–Trinajstić information content (AvgIpc) is 2.92. The highest BCUT2D eigenvalue weighted by Gasteiger charge is 2.40. The van der Waals surface area contributed by atoms with Crippen molar-refractivity contribution in [1.82, 2.24) is 0 Å². The molecule has 0 amide bonds. The molecule has 144 valence electrons. The highest BCUT2D eigenvalue weighted by Crippen LogP contribution is 2.20. The van der Waals surface area contributed by atoms with Gasteiger partial charge in [0.25, 0.3) is 0 Å². The molecule has 1 heterocycles. The molecule has 0 spiro atoms. The quantitative estimate of drug-likeness (QED) is 0.397. The normalized spacial score (nSPS) is 25.2. The molecule has 4 atom stereocenters. The summed E-state index contributed by atoms with van der Waals surface area (Å²) in [5.41, 5.74) is 0. The summed E-state index contributed by atoms with van der Waals surface area (Å²) in [4.78, 5) is 0. The highest BCUT2D eigenvalue weighted by atomic mass is 16.6. The Morgan fingerprint density at radius 1 is 0.917 bits per heavy atom. The Morgan fingerprint density at radius 3 is 1.92 bits per heavy atom. The molecule has 0 aromatic rings. The van der Waals surface area contributed by atoms with E-state index in [4.69, 9.17) is 9.47 Å². The summed E-state index contributed by atoms with van der Waals surface area (Å²) in [6.07, 6.45) is 11.1. The van der Waals surface area contributed by atoms with Crippen molar-refractivity contribution in [1.29, 1.82) is 0 Å². The van der Waals surface area contributed by atoms with Gasteiger partial charge in [0.1, 0.15) is 24.4 Å². The van der Waals surface area contributed by atoms with Gasteiger partial charge in [-0.1, -0.05) is 71.1 Å². The fourth-order valence-corrected chi connectivity index (χ4v) is 3.21. The van der Waals surface area contributed by atoms with Crippen molar-refractivity contribution in [3.63, 3.8) is 0 Å². The van der Waals surface area contributed by atoms with Gasteiger partial charge in [0.2, 0.25) is 0 Å². The van der Waals surface area contributed by atoms with Gasteiger partial charge in [0, 0.05) is 6.61 Å². The van der Waals surface area contributed by atoms with Gasteiger partial charge in [0.05, 0.1) is 13.2 Å². The molecule has 1 fully saturated rings. The van der Waals surface area contributed by atoms with Crippen LogP contribution in [-0.4, -0.2) is 59.6 Å². The van der Waals surface area contributed by atoms with Gasteiger partial charge in [-0.3, -0.25) is 0 Å². The lowest BCUT2D eigenvalue weighted by molar-refractivity contribution is -0.101. The van der Waals surface area contributed by atoms with E-state index < -0.39 is 24.4 Å². The number of rotatable bonds is 15. The molecule has 0 saturated carbocycles.